The van der Waals surface area contributed by atoms with Crippen LogP contribution in [-0.2, 0) is 11.3 Å². The fraction of sp³-hybridized carbons (Fsp3) is 0.250. The Morgan fingerprint density at radius 1 is 1.32 bits per heavy atom. The van der Waals surface area contributed by atoms with Crippen LogP contribution in [0.1, 0.15) is 17.2 Å². The van der Waals surface area contributed by atoms with Crippen LogP contribution in [0.15, 0.2) is 48.8 Å². The Labute approximate surface area is 134 Å². The molecular weight excluding hydrogens is 300 g/mol. The van der Waals surface area contributed by atoms with Crippen LogP contribution in [-0.4, -0.2) is 17.4 Å². The van der Waals surface area contributed by atoms with Gasteiger partial charge >= 0.3 is 0 Å². The Balaban J connectivity index is 1.66. The Morgan fingerprint density at radius 3 is 2.91 bits per heavy atom. The number of carbonyl (C=O) groups excluding carboxylic acids is 1. The molecule has 6 heteroatoms. The molecule has 1 saturated heterocycles. The van der Waals surface area contributed by atoms with Gasteiger partial charge in [-0.3, -0.25) is 15.2 Å². The molecule has 0 spiro atoms. The van der Waals surface area contributed by atoms with Crippen LogP contribution in [0.5, 0.6) is 0 Å². The molecule has 22 heavy (non-hydrogen) atoms. The van der Waals surface area contributed by atoms with E-state index in [0.717, 1.165) is 11.1 Å². The van der Waals surface area contributed by atoms with Crippen molar-refractivity contribution in [1.82, 2.24) is 21.2 Å². The molecule has 0 radical (unpaired) electrons. The normalized spacial score (nSPS) is 20.8. The predicted octanol–water partition coefficient (Wildman–Crippen LogP) is 1.82. The summed E-state index contributed by atoms with van der Waals surface area (Å²) in [6.45, 7) is 1.08. The van der Waals surface area contributed by atoms with Crippen LogP contribution in [0.25, 0.3) is 0 Å². The zero-order chi connectivity index (χ0) is 15.4. The number of nitrogens with one attached hydrogen (secondary N) is 3. The highest BCUT2D eigenvalue weighted by molar-refractivity contribution is 6.30. The van der Waals surface area contributed by atoms with E-state index in [0.29, 0.717) is 18.1 Å². The Bertz CT molecular complexity index is 650. The molecule has 1 aliphatic rings. The summed E-state index contributed by atoms with van der Waals surface area (Å²) in [5.74, 6) is -0.167. The predicted molar refractivity (Wildman–Crippen MR) is 84.9 cm³/mol. The van der Waals surface area contributed by atoms with Crippen molar-refractivity contribution in [3.63, 3.8) is 0 Å². The average molecular weight is 317 g/mol. The van der Waals surface area contributed by atoms with Crippen molar-refractivity contribution in [2.75, 3.05) is 6.54 Å². The molecule has 2 unspecified atom stereocenters. The molecule has 1 aromatic heterocycles. The van der Waals surface area contributed by atoms with Crippen molar-refractivity contribution in [1.29, 1.82) is 0 Å². The number of hydrogen-bond donors (Lipinski definition) is 3. The molecule has 0 saturated carbocycles. The number of pyridine rings is 1. The second-order valence-corrected chi connectivity index (χ2v) is 5.67. The summed E-state index contributed by atoms with van der Waals surface area (Å²) in [6, 6.07) is 11.3. The summed E-state index contributed by atoms with van der Waals surface area (Å²) in [5, 5.41) is 3.64. The molecule has 3 N–H and O–H groups in total. The number of nitrogens with zero attached hydrogens (tertiary/aromatic N) is 1. The van der Waals surface area contributed by atoms with Gasteiger partial charge in [0, 0.05) is 30.5 Å². The van der Waals surface area contributed by atoms with Crippen molar-refractivity contribution in [3.05, 3.63) is 64.9 Å². The van der Waals surface area contributed by atoms with Gasteiger partial charge in [0.05, 0.1) is 12.0 Å². The van der Waals surface area contributed by atoms with E-state index in [1.54, 1.807) is 12.4 Å². The van der Waals surface area contributed by atoms with Gasteiger partial charge in [0.2, 0.25) is 5.91 Å². The first-order valence-electron chi connectivity index (χ1n) is 7.14. The second-order valence-electron chi connectivity index (χ2n) is 5.24. The van der Waals surface area contributed by atoms with E-state index in [9.17, 15) is 4.79 Å². The molecule has 2 heterocycles. The highest BCUT2D eigenvalue weighted by Gasteiger charge is 2.33. The minimum absolute atomic E-state index is 0.0132. The SMILES string of the molecule is O=C(NCc1ccncc1)C1CNNC1c1cccc(Cl)c1. The van der Waals surface area contributed by atoms with E-state index in [1.165, 1.54) is 0 Å². The lowest BCUT2D eigenvalue weighted by Crippen LogP contribution is -2.34. The van der Waals surface area contributed by atoms with Crippen LogP contribution in [0.2, 0.25) is 5.02 Å². The number of rotatable bonds is 4. The monoisotopic (exact) mass is 316 g/mol. The van der Waals surface area contributed by atoms with Crippen molar-refractivity contribution in [2.24, 2.45) is 5.92 Å². The maximum atomic E-state index is 12.4. The summed E-state index contributed by atoms with van der Waals surface area (Å²) >= 11 is 6.04. The molecule has 3 rings (SSSR count). The van der Waals surface area contributed by atoms with Gasteiger partial charge in [-0.2, -0.15) is 0 Å². The molecule has 2 aromatic rings. The number of hydrazine groups is 1. The average Bonchev–Trinajstić information content (AvgIpc) is 3.03. The van der Waals surface area contributed by atoms with Crippen molar-refractivity contribution in [2.45, 2.75) is 12.6 Å². The van der Waals surface area contributed by atoms with Gasteiger partial charge in [-0.05, 0) is 35.4 Å². The van der Waals surface area contributed by atoms with E-state index in [1.807, 2.05) is 36.4 Å². The summed E-state index contributed by atoms with van der Waals surface area (Å²) in [7, 11) is 0. The smallest absolute Gasteiger partial charge is 0.226 e. The van der Waals surface area contributed by atoms with Crippen LogP contribution < -0.4 is 16.2 Å². The van der Waals surface area contributed by atoms with E-state index in [2.05, 4.69) is 21.2 Å². The third-order valence-corrected chi connectivity index (χ3v) is 3.98. The van der Waals surface area contributed by atoms with Crippen molar-refractivity contribution in [3.8, 4) is 0 Å². The summed E-state index contributed by atoms with van der Waals surface area (Å²) < 4.78 is 0. The Kier molecular flexibility index (Phi) is 4.68. The molecular formula is C16H17ClN4O. The number of amides is 1. The fourth-order valence-electron chi connectivity index (χ4n) is 2.58. The molecule has 1 aliphatic heterocycles. The number of halogens is 1. The molecule has 1 aromatic carbocycles. The Hall–Kier alpha value is -1.95. The largest absolute Gasteiger partial charge is 0.352 e. The minimum atomic E-state index is -0.180. The van der Waals surface area contributed by atoms with Gasteiger partial charge in [0.15, 0.2) is 0 Å². The highest BCUT2D eigenvalue weighted by atomic mass is 35.5. The first-order valence-corrected chi connectivity index (χ1v) is 7.52. The topological polar surface area (TPSA) is 66.0 Å². The van der Waals surface area contributed by atoms with Crippen molar-refractivity contribution >= 4 is 17.5 Å². The third kappa shape index (κ3) is 3.44. The zero-order valence-corrected chi connectivity index (χ0v) is 12.7. The first kappa shape index (κ1) is 15.0. The Morgan fingerprint density at radius 2 is 2.14 bits per heavy atom. The van der Waals surface area contributed by atoms with Crippen LogP contribution >= 0.6 is 11.6 Å². The number of carbonyl (C=O) groups is 1. The van der Waals surface area contributed by atoms with Gasteiger partial charge in [-0.25, -0.2) is 5.43 Å². The third-order valence-electron chi connectivity index (χ3n) is 3.74. The van der Waals surface area contributed by atoms with E-state index >= 15 is 0 Å². The standard InChI is InChI=1S/C16H17ClN4O/c17-13-3-1-2-12(8-13)15-14(10-20-21-15)16(22)19-9-11-4-6-18-7-5-11/h1-8,14-15,20-21H,9-10H2,(H,19,22). The van der Waals surface area contributed by atoms with Crippen LogP contribution in [0, 0.1) is 5.92 Å². The van der Waals surface area contributed by atoms with Crippen molar-refractivity contribution < 1.29 is 4.79 Å². The van der Waals surface area contributed by atoms with Gasteiger partial charge < -0.3 is 5.32 Å². The minimum Gasteiger partial charge on any atom is -0.352 e. The number of aromatic nitrogens is 1. The van der Waals surface area contributed by atoms with Crippen LogP contribution in [0.4, 0.5) is 0 Å². The van der Waals surface area contributed by atoms with Gasteiger partial charge in [0.25, 0.3) is 0 Å². The van der Waals surface area contributed by atoms with Gasteiger partial charge in [-0.1, -0.05) is 23.7 Å². The first-order chi connectivity index (χ1) is 10.7. The summed E-state index contributed by atoms with van der Waals surface area (Å²) in [4.78, 5) is 16.4. The number of benzene rings is 1. The van der Waals surface area contributed by atoms with E-state index in [4.69, 9.17) is 11.6 Å². The maximum Gasteiger partial charge on any atom is 0.226 e. The molecule has 0 aliphatic carbocycles. The lowest BCUT2D eigenvalue weighted by atomic mass is 9.94. The highest BCUT2D eigenvalue weighted by Crippen LogP contribution is 2.26. The zero-order valence-electron chi connectivity index (χ0n) is 11.9. The summed E-state index contributed by atoms with van der Waals surface area (Å²) in [6.07, 6.45) is 3.43. The quantitative estimate of drug-likeness (QED) is 0.805. The maximum absolute atomic E-state index is 12.4. The molecule has 1 fully saturated rings. The van der Waals surface area contributed by atoms with Crippen LogP contribution in [0.3, 0.4) is 0 Å². The van der Waals surface area contributed by atoms with E-state index < -0.39 is 0 Å². The number of hydrogen-bond acceptors (Lipinski definition) is 4. The molecule has 114 valence electrons. The molecule has 5 nitrogen and oxygen atoms in total. The lowest BCUT2D eigenvalue weighted by molar-refractivity contribution is -0.125. The van der Waals surface area contributed by atoms with E-state index in [-0.39, 0.29) is 17.9 Å². The lowest BCUT2D eigenvalue weighted by Gasteiger charge is -2.18. The second kappa shape index (κ2) is 6.87. The van der Waals surface area contributed by atoms with Gasteiger partial charge in [-0.15, -0.1) is 0 Å². The molecule has 0 bridgehead atoms. The summed E-state index contributed by atoms with van der Waals surface area (Å²) in [5.41, 5.74) is 8.24. The van der Waals surface area contributed by atoms with Gasteiger partial charge in [0.1, 0.15) is 0 Å². The molecule has 1 amide bonds. The molecule has 2 atom stereocenters. The fourth-order valence-corrected chi connectivity index (χ4v) is 2.78.